The average molecular weight is 243 g/mol. The summed E-state index contributed by atoms with van der Waals surface area (Å²) in [7, 11) is -3.22. The smallest absolute Gasteiger partial charge is 0.211 e. The molecule has 0 atom stereocenters. The lowest BCUT2D eigenvalue weighted by Gasteiger charge is -2.07. The molecule has 0 fully saturated rings. The molecule has 1 heterocycles. The minimum Gasteiger partial charge on any atom is -0.330 e. The van der Waals surface area contributed by atoms with Crippen LogP contribution in [0.15, 0.2) is 18.5 Å². The van der Waals surface area contributed by atoms with Gasteiger partial charge in [0, 0.05) is 18.9 Å². The van der Waals surface area contributed by atoms with Crippen molar-refractivity contribution in [1.29, 1.82) is 0 Å². The summed E-state index contributed by atoms with van der Waals surface area (Å²) in [4.78, 5) is 3.95. The molecule has 0 aromatic carbocycles. The molecule has 0 aliphatic rings. The van der Waals surface area contributed by atoms with Crippen LogP contribution in [0, 0.1) is 6.92 Å². The molecule has 0 bridgehead atoms. The zero-order valence-electron chi connectivity index (χ0n) is 9.31. The highest BCUT2D eigenvalue weighted by Crippen LogP contribution is 2.04. The maximum atomic E-state index is 11.5. The van der Waals surface area contributed by atoms with E-state index in [1.54, 1.807) is 12.4 Å². The van der Waals surface area contributed by atoms with Gasteiger partial charge < -0.3 is 5.73 Å². The lowest BCUT2D eigenvalue weighted by atomic mass is 10.2. The van der Waals surface area contributed by atoms with Gasteiger partial charge in [0.15, 0.2) is 0 Å². The highest BCUT2D eigenvalue weighted by atomic mass is 32.2. The normalized spacial score (nSPS) is 11.6. The fraction of sp³-hybridized carbons (Fsp3) is 0.500. The number of nitrogens with zero attached hydrogens (tertiary/aromatic N) is 1. The first-order valence-electron chi connectivity index (χ1n) is 5.12. The number of aryl methyl sites for hydroxylation is 1. The molecule has 1 aromatic rings. The number of aromatic nitrogens is 1. The Kier molecular flexibility index (Phi) is 4.85. The van der Waals surface area contributed by atoms with E-state index < -0.39 is 10.0 Å². The first-order chi connectivity index (χ1) is 7.55. The van der Waals surface area contributed by atoms with Crippen LogP contribution in [0.4, 0.5) is 0 Å². The lowest BCUT2D eigenvalue weighted by molar-refractivity contribution is 0.578. The van der Waals surface area contributed by atoms with E-state index in [9.17, 15) is 8.42 Å². The molecular formula is C10H17N3O2S. The zero-order valence-corrected chi connectivity index (χ0v) is 10.1. The van der Waals surface area contributed by atoms with Crippen LogP contribution in [0.3, 0.4) is 0 Å². The van der Waals surface area contributed by atoms with Crippen LogP contribution in [-0.4, -0.2) is 25.7 Å². The number of pyridine rings is 1. The maximum Gasteiger partial charge on any atom is 0.211 e. The molecule has 1 rings (SSSR count). The van der Waals surface area contributed by atoms with Gasteiger partial charge in [0.05, 0.1) is 5.75 Å². The minimum absolute atomic E-state index is 0.0722. The Hall–Kier alpha value is -0.980. The molecule has 0 unspecified atom stereocenters. The third-order valence-electron chi connectivity index (χ3n) is 2.25. The van der Waals surface area contributed by atoms with Gasteiger partial charge in [-0.2, -0.15) is 0 Å². The van der Waals surface area contributed by atoms with Gasteiger partial charge in [-0.25, -0.2) is 13.1 Å². The Bertz CT molecular complexity index is 431. The zero-order chi connectivity index (χ0) is 12.0. The largest absolute Gasteiger partial charge is 0.330 e. The fourth-order valence-corrected chi connectivity index (χ4v) is 2.28. The molecular weight excluding hydrogens is 226 g/mol. The number of hydrogen-bond donors (Lipinski definition) is 2. The van der Waals surface area contributed by atoms with Gasteiger partial charge in [0.25, 0.3) is 0 Å². The van der Waals surface area contributed by atoms with Crippen LogP contribution >= 0.6 is 0 Å². The number of rotatable bonds is 6. The van der Waals surface area contributed by atoms with Crippen molar-refractivity contribution in [1.82, 2.24) is 9.71 Å². The molecule has 0 radical (unpaired) electrons. The van der Waals surface area contributed by atoms with Gasteiger partial charge in [-0.1, -0.05) is 0 Å². The molecule has 3 N–H and O–H groups in total. The van der Waals surface area contributed by atoms with Gasteiger partial charge in [0.1, 0.15) is 0 Å². The summed E-state index contributed by atoms with van der Waals surface area (Å²) in [5, 5.41) is 0. The van der Waals surface area contributed by atoms with E-state index in [2.05, 4.69) is 9.71 Å². The first kappa shape index (κ1) is 13.1. The second kappa shape index (κ2) is 5.93. The van der Waals surface area contributed by atoms with Crippen molar-refractivity contribution in [3.8, 4) is 0 Å². The summed E-state index contributed by atoms with van der Waals surface area (Å²) in [6, 6.07) is 1.85. The number of nitrogens with two attached hydrogens (primary N) is 1. The highest BCUT2D eigenvalue weighted by molar-refractivity contribution is 7.89. The standard InChI is InChI=1S/C10H17N3O2S/c1-9-3-5-12-7-10(9)8-13-16(14,15)6-2-4-11/h3,5,7,13H,2,4,6,8,11H2,1H3. The van der Waals surface area contributed by atoms with Crippen molar-refractivity contribution < 1.29 is 8.42 Å². The summed E-state index contributed by atoms with van der Waals surface area (Å²) in [5.41, 5.74) is 7.18. The van der Waals surface area contributed by atoms with Crippen LogP contribution in [-0.2, 0) is 16.6 Å². The number of hydrogen-bond acceptors (Lipinski definition) is 4. The van der Waals surface area contributed by atoms with Crippen molar-refractivity contribution in [3.63, 3.8) is 0 Å². The van der Waals surface area contributed by atoms with E-state index >= 15 is 0 Å². The molecule has 90 valence electrons. The molecule has 5 nitrogen and oxygen atoms in total. The predicted octanol–water partition coefficient (Wildman–Crippen LogP) is 0.158. The van der Waals surface area contributed by atoms with Crippen LogP contribution in [0.5, 0.6) is 0 Å². The third-order valence-corrected chi connectivity index (χ3v) is 3.66. The van der Waals surface area contributed by atoms with Gasteiger partial charge in [-0.3, -0.25) is 4.98 Å². The lowest BCUT2D eigenvalue weighted by Crippen LogP contribution is -2.27. The van der Waals surface area contributed by atoms with E-state index in [0.717, 1.165) is 11.1 Å². The van der Waals surface area contributed by atoms with E-state index in [-0.39, 0.29) is 12.3 Å². The predicted molar refractivity (Wildman–Crippen MR) is 63.3 cm³/mol. The van der Waals surface area contributed by atoms with Crippen molar-refractivity contribution in [3.05, 3.63) is 29.6 Å². The average Bonchev–Trinajstić information content (AvgIpc) is 2.26. The maximum absolute atomic E-state index is 11.5. The Morgan fingerprint density at radius 2 is 2.25 bits per heavy atom. The van der Waals surface area contributed by atoms with Gasteiger partial charge in [-0.15, -0.1) is 0 Å². The van der Waals surface area contributed by atoms with Crippen LogP contribution in [0.2, 0.25) is 0 Å². The molecule has 6 heteroatoms. The molecule has 0 amide bonds. The molecule has 0 saturated carbocycles. The third kappa shape index (κ3) is 4.26. The van der Waals surface area contributed by atoms with Crippen molar-refractivity contribution in [2.45, 2.75) is 19.9 Å². The van der Waals surface area contributed by atoms with Crippen molar-refractivity contribution in [2.24, 2.45) is 5.73 Å². The van der Waals surface area contributed by atoms with Crippen LogP contribution in [0.25, 0.3) is 0 Å². The van der Waals surface area contributed by atoms with E-state index in [4.69, 9.17) is 5.73 Å². The van der Waals surface area contributed by atoms with Crippen molar-refractivity contribution in [2.75, 3.05) is 12.3 Å². The Morgan fingerprint density at radius 3 is 2.88 bits per heavy atom. The van der Waals surface area contributed by atoms with Gasteiger partial charge in [0.2, 0.25) is 10.0 Å². The van der Waals surface area contributed by atoms with Gasteiger partial charge in [-0.05, 0) is 37.1 Å². The molecule has 1 aromatic heterocycles. The monoisotopic (exact) mass is 243 g/mol. The summed E-state index contributed by atoms with van der Waals surface area (Å²) in [5.74, 6) is 0.0722. The molecule has 0 aliphatic carbocycles. The quantitative estimate of drug-likeness (QED) is 0.745. The molecule has 0 spiro atoms. The SMILES string of the molecule is Cc1ccncc1CNS(=O)(=O)CCCN. The summed E-state index contributed by atoms with van der Waals surface area (Å²) < 4.78 is 25.5. The van der Waals surface area contributed by atoms with Crippen LogP contribution in [0.1, 0.15) is 17.5 Å². The Balaban J connectivity index is 2.55. The number of nitrogens with one attached hydrogen (secondary N) is 1. The van der Waals surface area contributed by atoms with E-state index in [0.29, 0.717) is 13.0 Å². The molecule has 16 heavy (non-hydrogen) atoms. The summed E-state index contributed by atoms with van der Waals surface area (Å²) >= 11 is 0. The minimum atomic E-state index is -3.22. The van der Waals surface area contributed by atoms with Crippen LogP contribution < -0.4 is 10.5 Å². The first-order valence-corrected chi connectivity index (χ1v) is 6.77. The summed E-state index contributed by atoms with van der Waals surface area (Å²) in [6.45, 7) is 2.59. The second-order valence-electron chi connectivity index (χ2n) is 3.58. The van der Waals surface area contributed by atoms with E-state index in [1.807, 2.05) is 13.0 Å². The van der Waals surface area contributed by atoms with Gasteiger partial charge >= 0.3 is 0 Å². The fourth-order valence-electron chi connectivity index (χ4n) is 1.21. The topological polar surface area (TPSA) is 85.1 Å². The number of sulfonamides is 1. The Labute approximate surface area is 96.1 Å². The Morgan fingerprint density at radius 1 is 1.50 bits per heavy atom. The molecule has 0 aliphatic heterocycles. The van der Waals surface area contributed by atoms with Crippen molar-refractivity contribution >= 4 is 10.0 Å². The summed E-state index contributed by atoms with van der Waals surface area (Å²) in [6.07, 6.45) is 3.82. The highest BCUT2D eigenvalue weighted by Gasteiger charge is 2.09. The van der Waals surface area contributed by atoms with E-state index in [1.165, 1.54) is 0 Å². The second-order valence-corrected chi connectivity index (χ2v) is 5.51. The molecule has 0 saturated heterocycles.